The Morgan fingerprint density at radius 1 is 1.43 bits per heavy atom. The van der Waals surface area contributed by atoms with E-state index < -0.39 is 4.92 Å². The molecular weight excluding hydrogens is 335 g/mol. The lowest BCUT2D eigenvalue weighted by atomic mass is 10.1. The van der Waals surface area contributed by atoms with E-state index in [0.717, 1.165) is 12.2 Å². The molecule has 0 aliphatic heterocycles. The van der Waals surface area contributed by atoms with Gasteiger partial charge in [0.15, 0.2) is 11.0 Å². The number of nitro benzene ring substituents is 1. The van der Waals surface area contributed by atoms with Crippen molar-refractivity contribution >= 4 is 40.7 Å². The average Bonchev–Trinajstić information content (AvgIpc) is 2.80. The molecule has 0 atom stereocenters. The molecule has 0 fully saturated rings. The fraction of sp³-hybridized carbons (Fsp3) is 0.333. The SMILES string of the molecule is Cn1c(SCCCCl)nnc1-c1cccc(Cl)c1[N+](=O)[O-]. The van der Waals surface area contributed by atoms with Crippen molar-refractivity contribution in [1.82, 2.24) is 14.8 Å². The van der Waals surface area contributed by atoms with Gasteiger partial charge in [0.25, 0.3) is 5.69 Å². The van der Waals surface area contributed by atoms with Crippen LogP contribution in [0.25, 0.3) is 11.4 Å². The van der Waals surface area contributed by atoms with Gasteiger partial charge in [0.2, 0.25) is 0 Å². The molecule has 0 unspecified atom stereocenters. The van der Waals surface area contributed by atoms with Crippen molar-refractivity contribution < 1.29 is 4.92 Å². The summed E-state index contributed by atoms with van der Waals surface area (Å²) in [7, 11) is 1.77. The second-order valence-corrected chi connectivity index (χ2v) is 6.00. The molecule has 0 saturated heterocycles. The van der Waals surface area contributed by atoms with E-state index in [1.54, 1.807) is 23.7 Å². The van der Waals surface area contributed by atoms with Crippen LogP contribution in [0.5, 0.6) is 0 Å². The minimum absolute atomic E-state index is 0.0804. The van der Waals surface area contributed by atoms with Crippen LogP contribution in [0.4, 0.5) is 5.69 Å². The fourth-order valence-electron chi connectivity index (χ4n) is 1.77. The molecule has 0 aliphatic rings. The van der Waals surface area contributed by atoms with Crippen molar-refractivity contribution in [1.29, 1.82) is 0 Å². The third-order valence-electron chi connectivity index (χ3n) is 2.75. The highest BCUT2D eigenvalue weighted by atomic mass is 35.5. The normalized spacial score (nSPS) is 10.8. The number of rotatable bonds is 6. The van der Waals surface area contributed by atoms with Gasteiger partial charge in [-0.2, -0.15) is 0 Å². The van der Waals surface area contributed by atoms with E-state index in [1.165, 1.54) is 17.8 Å². The molecule has 112 valence electrons. The lowest BCUT2D eigenvalue weighted by Gasteiger charge is -2.05. The second-order valence-electron chi connectivity index (χ2n) is 4.15. The zero-order valence-electron chi connectivity index (χ0n) is 11.1. The van der Waals surface area contributed by atoms with Gasteiger partial charge in [-0.3, -0.25) is 10.1 Å². The van der Waals surface area contributed by atoms with E-state index in [4.69, 9.17) is 23.2 Å². The highest BCUT2D eigenvalue weighted by Crippen LogP contribution is 2.35. The topological polar surface area (TPSA) is 73.8 Å². The fourth-order valence-corrected chi connectivity index (χ4v) is 3.16. The number of thioether (sulfide) groups is 1. The van der Waals surface area contributed by atoms with Crippen molar-refractivity contribution in [2.75, 3.05) is 11.6 Å². The molecule has 0 aliphatic carbocycles. The van der Waals surface area contributed by atoms with Crippen LogP contribution >= 0.6 is 35.0 Å². The maximum Gasteiger partial charge on any atom is 0.298 e. The van der Waals surface area contributed by atoms with E-state index in [-0.39, 0.29) is 10.7 Å². The summed E-state index contributed by atoms with van der Waals surface area (Å²) in [5.41, 5.74) is 0.193. The standard InChI is InChI=1S/C12H12Cl2N4O2S/c1-17-11(15-16-12(17)21-7-3-6-13)8-4-2-5-9(14)10(8)18(19)20/h2,4-5H,3,6-7H2,1H3. The minimum Gasteiger partial charge on any atom is -0.305 e. The summed E-state index contributed by atoms with van der Waals surface area (Å²) >= 11 is 13.1. The number of hydrogen-bond acceptors (Lipinski definition) is 5. The van der Waals surface area contributed by atoms with Gasteiger partial charge in [-0.15, -0.1) is 21.8 Å². The smallest absolute Gasteiger partial charge is 0.298 e. The first-order chi connectivity index (χ1) is 10.1. The van der Waals surface area contributed by atoms with E-state index in [1.807, 2.05) is 0 Å². The van der Waals surface area contributed by atoms with Crippen molar-refractivity contribution in [2.45, 2.75) is 11.6 Å². The Hall–Kier alpha value is -1.31. The summed E-state index contributed by atoms with van der Waals surface area (Å²) in [6.07, 6.45) is 0.853. The monoisotopic (exact) mass is 346 g/mol. The lowest BCUT2D eigenvalue weighted by molar-refractivity contribution is -0.384. The number of benzene rings is 1. The van der Waals surface area contributed by atoms with Crippen molar-refractivity contribution in [3.05, 3.63) is 33.3 Å². The van der Waals surface area contributed by atoms with Crippen molar-refractivity contribution in [2.24, 2.45) is 7.05 Å². The molecule has 0 radical (unpaired) electrons. The summed E-state index contributed by atoms with van der Waals surface area (Å²) in [6.45, 7) is 0. The Labute approximate surface area is 135 Å². The molecule has 1 aromatic carbocycles. The van der Waals surface area contributed by atoms with Gasteiger partial charge < -0.3 is 4.57 Å². The lowest BCUT2D eigenvalue weighted by Crippen LogP contribution is -1.99. The zero-order chi connectivity index (χ0) is 15.4. The largest absolute Gasteiger partial charge is 0.305 e. The molecule has 9 heteroatoms. The Morgan fingerprint density at radius 2 is 2.19 bits per heavy atom. The van der Waals surface area contributed by atoms with E-state index in [2.05, 4.69) is 10.2 Å². The van der Waals surface area contributed by atoms with E-state index in [9.17, 15) is 10.1 Å². The molecule has 0 spiro atoms. The number of nitro groups is 1. The summed E-state index contributed by atoms with van der Waals surface area (Å²) in [5, 5.41) is 20.1. The second kappa shape index (κ2) is 7.11. The highest BCUT2D eigenvalue weighted by Gasteiger charge is 2.23. The van der Waals surface area contributed by atoms with Crippen LogP contribution in [-0.2, 0) is 7.05 Å². The first-order valence-electron chi connectivity index (χ1n) is 6.07. The zero-order valence-corrected chi connectivity index (χ0v) is 13.5. The molecule has 0 saturated carbocycles. The minimum atomic E-state index is -0.507. The number of hydrogen-bond donors (Lipinski definition) is 0. The molecule has 1 aromatic heterocycles. The summed E-state index contributed by atoms with van der Waals surface area (Å²) in [6, 6.07) is 4.75. The molecule has 2 aromatic rings. The van der Waals surface area contributed by atoms with Crippen molar-refractivity contribution in [3.63, 3.8) is 0 Å². The predicted molar refractivity (Wildman–Crippen MR) is 84.2 cm³/mol. The van der Waals surface area contributed by atoms with Crippen LogP contribution in [0.2, 0.25) is 5.02 Å². The van der Waals surface area contributed by atoms with Crippen LogP contribution < -0.4 is 0 Å². The summed E-state index contributed by atoms with van der Waals surface area (Å²) < 4.78 is 1.72. The van der Waals surface area contributed by atoms with Gasteiger partial charge in [0, 0.05) is 18.7 Å². The maximum atomic E-state index is 11.2. The molecule has 2 rings (SSSR count). The number of halogens is 2. The van der Waals surface area contributed by atoms with Gasteiger partial charge in [-0.1, -0.05) is 29.4 Å². The van der Waals surface area contributed by atoms with Crippen LogP contribution in [0.3, 0.4) is 0 Å². The summed E-state index contributed by atoms with van der Waals surface area (Å²) in [5.74, 6) is 1.81. The molecule has 6 nitrogen and oxygen atoms in total. The van der Waals surface area contributed by atoms with Gasteiger partial charge in [-0.05, 0) is 18.6 Å². The Morgan fingerprint density at radius 3 is 2.86 bits per heavy atom. The molecule has 0 amide bonds. The number of aromatic nitrogens is 3. The van der Waals surface area contributed by atoms with Crippen molar-refractivity contribution in [3.8, 4) is 11.4 Å². The quantitative estimate of drug-likeness (QED) is 0.261. The Kier molecular flexibility index (Phi) is 5.44. The maximum absolute atomic E-state index is 11.2. The average molecular weight is 347 g/mol. The Bertz CT molecular complexity index is 663. The third kappa shape index (κ3) is 3.48. The molecule has 0 bridgehead atoms. The molecular formula is C12H12Cl2N4O2S. The number of nitrogens with zero attached hydrogens (tertiary/aromatic N) is 4. The van der Waals surface area contributed by atoms with Crippen LogP contribution in [0.1, 0.15) is 6.42 Å². The predicted octanol–water partition coefficient (Wildman–Crippen LogP) is 3.76. The van der Waals surface area contributed by atoms with Crippen LogP contribution in [-0.4, -0.2) is 31.3 Å². The van der Waals surface area contributed by atoms with Crippen LogP contribution in [0.15, 0.2) is 23.4 Å². The van der Waals surface area contributed by atoms with Gasteiger partial charge in [-0.25, -0.2) is 0 Å². The Balaban J connectivity index is 2.40. The highest BCUT2D eigenvalue weighted by molar-refractivity contribution is 7.99. The molecule has 1 heterocycles. The molecule has 0 N–H and O–H groups in total. The van der Waals surface area contributed by atoms with Gasteiger partial charge >= 0.3 is 0 Å². The number of para-hydroxylation sites is 1. The van der Waals surface area contributed by atoms with Gasteiger partial charge in [0.1, 0.15) is 5.02 Å². The van der Waals surface area contributed by atoms with E-state index >= 15 is 0 Å². The summed E-state index contributed by atoms with van der Waals surface area (Å²) in [4.78, 5) is 10.7. The van der Waals surface area contributed by atoms with Gasteiger partial charge in [0.05, 0.1) is 10.5 Å². The first kappa shape index (κ1) is 16.1. The van der Waals surface area contributed by atoms with Crippen LogP contribution in [0, 0.1) is 10.1 Å². The first-order valence-corrected chi connectivity index (χ1v) is 7.97. The molecule has 21 heavy (non-hydrogen) atoms. The number of alkyl halides is 1. The van der Waals surface area contributed by atoms with E-state index in [0.29, 0.717) is 22.4 Å². The third-order valence-corrected chi connectivity index (χ3v) is 4.43.